The van der Waals surface area contributed by atoms with Crippen molar-refractivity contribution < 1.29 is 4.21 Å². The van der Waals surface area contributed by atoms with Crippen molar-refractivity contribution in [1.29, 1.82) is 0 Å². The predicted octanol–water partition coefficient (Wildman–Crippen LogP) is 2.69. The Hall–Kier alpha value is -1.00. The Morgan fingerprint density at radius 1 is 1.33 bits per heavy atom. The summed E-state index contributed by atoms with van der Waals surface area (Å²) in [6.45, 7) is 0. The van der Waals surface area contributed by atoms with E-state index in [1.165, 1.54) is 0 Å². The fourth-order valence-corrected chi connectivity index (χ4v) is 2.79. The highest BCUT2D eigenvalue weighted by Crippen LogP contribution is 2.23. The Morgan fingerprint density at radius 3 is 2.73 bits per heavy atom. The Balaban J connectivity index is 2.24. The van der Waals surface area contributed by atoms with Gasteiger partial charge < -0.3 is 0 Å². The molecule has 4 heteroatoms. The summed E-state index contributed by atoms with van der Waals surface area (Å²) in [5, 5.41) is 2.97. The van der Waals surface area contributed by atoms with Gasteiger partial charge in [0, 0.05) is 28.0 Å². The maximum absolute atomic E-state index is 11.0. The fraction of sp³-hybridized carbons (Fsp3) is 0.182. The molecule has 2 rings (SSSR count). The van der Waals surface area contributed by atoms with E-state index in [-0.39, 0.29) is 0 Å². The third-order valence-corrected chi connectivity index (χ3v) is 3.57. The third-order valence-electron chi connectivity index (χ3n) is 1.92. The van der Waals surface area contributed by atoms with Crippen molar-refractivity contribution in [1.82, 2.24) is 4.98 Å². The number of hydrogen-bond acceptors (Lipinski definition) is 3. The average molecular weight is 237 g/mol. The molecule has 15 heavy (non-hydrogen) atoms. The fourth-order valence-electron chi connectivity index (χ4n) is 1.29. The molecule has 0 bridgehead atoms. The standard InChI is InChI=1S/C11H11NOS2/c1-15(13)8-10-7-14-11(12-10)9-5-3-2-4-6-9/h2-7H,8H2,1H3/t15-/m0/s1. The van der Waals surface area contributed by atoms with Gasteiger partial charge in [0.15, 0.2) is 0 Å². The lowest BCUT2D eigenvalue weighted by atomic mass is 10.2. The Labute approximate surface area is 95.5 Å². The number of thiazole rings is 1. The number of aromatic nitrogens is 1. The minimum absolute atomic E-state index is 0.545. The van der Waals surface area contributed by atoms with Crippen LogP contribution >= 0.6 is 11.3 Å². The van der Waals surface area contributed by atoms with E-state index in [4.69, 9.17) is 0 Å². The van der Waals surface area contributed by atoms with Crippen LogP contribution in [0.15, 0.2) is 35.7 Å². The second-order valence-corrected chi connectivity index (χ2v) is 5.52. The van der Waals surface area contributed by atoms with Crippen LogP contribution in [0.1, 0.15) is 5.69 Å². The van der Waals surface area contributed by atoms with E-state index in [9.17, 15) is 4.21 Å². The molecule has 0 saturated carbocycles. The molecule has 0 amide bonds. The van der Waals surface area contributed by atoms with Crippen LogP contribution in [-0.2, 0) is 16.6 Å². The third kappa shape index (κ3) is 2.73. The van der Waals surface area contributed by atoms with E-state index < -0.39 is 10.8 Å². The van der Waals surface area contributed by atoms with Crippen molar-refractivity contribution >= 4 is 22.1 Å². The van der Waals surface area contributed by atoms with Crippen LogP contribution in [0, 0.1) is 0 Å². The highest BCUT2D eigenvalue weighted by atomic mass is 32.2. The van der Waals surface area contributed by atoms with Crippen LogP contribution in [0.3, 0.4) is 0 Å². The van der Waals surface area contributed by atoms with Gasteiger partial charge in [-0.25, -0.2) is 4.98 Å². The molecule has 0 aliphatic heterocycles. The smallest absolute Gasteiger partial charge is 0.123 e. The Morgan fingerprint density at radius 2 is 2.07 bits per heavy atom. The van der Waals surface area contributed by atoms with Crippen LogP contribution < -0.4 is 0 Å². The van der Waals surface area contributed by atoms with Crippen molar-refractivity contribution in [2.24, 2.45) is 0 Å². The molecule has 0 aliphatic carbocycles. The quantitative estimate of drug-likeness (QED) is 0.821. The largest absolute Gasteiger partial charge is 0.259 e. The first-order valence-corrected chi connectivity index (χ1v) is 7.16. The highest BCUT2D eigenvalue weighted by Gasteiger charge is 2.04. The first-order valence-electron chi connectivity index (χ1n) is 4.55. The van der Waals surface area contributed by atoms with E-state index in [0.717, 1.165) is 16.3 Å². The summed E-state index contributed by atoms with van der Waals surface area (Å²) in [7, 11) is -0.815. The highest BCUT2D eigenvalue weighted by molar-refractivity contribution is 7.83. The van der Waals surface area contributed by atoms with Gasteiger partial charge in [0.2, 0.25) is 0 Å². The van der Waals surface area contributed by atoms with Gasteiger partial charge in [-0.1, -0.05) is 30.3 Å². The Bertz CT molecular complexity index is 464. The van der Waals surface area contributed by atoms with Gasteiger partial charge in [-0.05, 0) is 0 Å². The van der Waals surface area contributed by atoms with Crippen LogP contribution in [0.5, 0.6) is 0 Å². The van der Waals surface area contributed by atoms with E-state index in [0.29, 0.717) is 5.75 Å². The van der Waals surface area contributed by atoms with Crippen molar-refractivity contribution in [2.75, 3.05) is 6.26 Å². The van der Waals surface area contributed by atoms with Crippen LogP contribution in [-0.4, -0.2) is 15.4 Å². The van der Waals surface area contributed by atoms with E-state index in [2.05, 4.69) is 4.98 Å². The molecule has 0 radical (unpaired) electrons. The molecule has 0 fully saturated rings. The number of nitrogens with zero attached hydrogens (tertiary/aromatic N) is 1. The SMILES string of the molecule is C[S@](=O)Cc1csc(-c2ccccc2)n1. The van der Waals surface area contributed by atoms with Gasteiger partial charge in [-0.2, -0.15) is 0 Å². The molecule has 2 aromatic rings. The Kier molecular flexibility index (Phi) is 3.28. The van der Waals surface area contributed by atoms with Gasteiger partial charge in [0.1, 0.15) is 5.01 Å². The minimum atomic E-state index is -0.815. The number of hydrogen-bond donors (Lipinski definition) is 0. The number of rotatable bonds is 3. The zero-order valence-corrected chi connectivity index (χ0v) is 9.98. The van der Waals surface area contributed by atoms with Gasteiger partial charge in [-0.3, -0.25) is 4.21 Å². The number of benzene rings is 1. The van der Waals surface area contributed by atoms with Crippen molar-refractivity contribution in [3.05, 3.63) is 41.4 Å². The summed E-state index contributed by atoms with van der Waals surface area (Å²) in [5.74, 6) is 0.545. The molecule has 1 atom stereocenters. The molecule has 1 heterocycles. The second-order valence-electron chi connectivity index (χ2n) is 3.23. The van der Waals surface area contributed by atoms with Gasteiger partial charge in [-0.15, -0.1) is 11.3 Å². The van der Waals surface area contributed by atoms with Crippen molar-refractivity contribution in [3.63, 3.8) is 0 Å². The molecule has 2 nitrogen and oxygen atoms in total. The molecule has 0 unspecified atom stereocenters. The second kappa shape index (κ2) is 4.68. The summed E-state index contributed by atoms with van der Waals surface area (Å²) >= 11 is 1.60. The van der Waals surface area contributed by atoms with E-state index in [1.807, 2.05) is 35.7 Å². The van der Waals surface area contributed by atoms with Gasteiger partial charge in [0.05, 0.1) is 11.4 Å². The van der Waals surface area contributed by atoms with Crippen LogP contribution in [0.25, 0.3) is 10.6 Å². The van der Waals surface area contributed by atoms with Gasteiger partial charge >= 0.3 is 0 Å². The van der Waals surface area contributed by atoms with Crippen molar-refractivity contribution in [2.45, 2.75) is 5.75 Å². The molecule has 0 spiro atoms. The lowest BCUT2D eigenvalue weighted by Crippen LogP contribution is -1.91. The zero-order chi connectivity index (χ0) is 10.7. The first-order chi connectivity index (χ1) is 7.25. The van der Waals surface area contributed by atoms with E-state index >= 15 is 0 Å². The predicted molar refractivity (Wildman–Crippen MR) is 65.3 cm³/mol. The zero-order valence-electron chi connectivity index (χ0n) is 8.34. The molecular formula is C11H11NOS2. The summed E-state index contributed by atoms with van der Waals surface area (Å²) < 4.78 is 11.0. The molecule has 1 aromatic carbocycles. The minimum Gasteiger partial charge on any atom is -0.259 e. The molecule has 0 saturated heterocycles. The molecule has 1 aromatic heterocycles. The molecule has 0 aliphatic rings. The molecule has 0 N–H and O–H groups in total. The van der Waals surface area contributed by atoms with Crippen molar-refractivity contribution in [3.8, 4) is 10.6 Å². The van der Waals surface area contributed by atoms with Crippen LogP contribution in [0.4, 0.5) is 0 Å². The molecular weight excluding hydrogens is 226 g/mol. The summed E-state index contributed by atoms with van der Waals surface area (Å²) in [6, 6.07) is 10.0. The topological polar surface area (TPSA) is 30.0 Å². The normalized spacial score (nSPS) is 12.6. The maximum Gasteiger partial charge on any atom is 0.123 e. The average Bonchev–Trinajstić information content (AvgIpc) is 2.67. The van der Waals surface area contributed by atoms with Crippen LogP contribution in [0.2, 0.25) is 0 Å². The maximum atomic E-state index is 11.0. The monoisotopic (exact) mass is 237 g/mol. The summed E-state index contributed by atoms with van der Waals surface area (Å²) in [5.41, 5.74) is 2.04. The lowest BCUT2D eigenvalue weighted by Gasteiger charge is -1.93. The summed E-state index contributed by atoms with van der Waals surface area (Å²) in [4.78, 5) is 4.45. The lowest BCUT2D eigenvalue weighted by molar-refractivity contribution is 0.686. The first kappa shape index (κ1) is 10.5. The van der Waals surface area contributed by atoms with Gasteiger partial charge in [0.25, 0.3) is 0 Å². The van der Waals surface area contributed by atoms with E-state index in [1.54, 1.807) is 17.6 Å². The molecule has 78 valence electrons. The summed E-state index contributed by atoms with van der Waals surface area (Å²) in [6.07, 6.45) is 1.70.